The van der Waals surface area contributed by atoms with E-state index in [-0.39, 0.29) is 18.5 Å². The van der Waals surface area contributed by atoms with Gasteiger partial charge in [-0.15, -0.1) is 12.4 Å². The van der Waals surface area contributed by atoms with E-state index in [2.05, 4.69) is 18.8 Å². The van der Waals surface area contributed by atoms with Gasteiger partial charge in [0.05, 0.1) is 27.0 Å². The molecule has 0 radical (unpaired) electrons. The van der Waals surface area contributed by atoms with Crippen LogP contribution in [0.25, 0.3) is 0 Å². The van der Waals surface area contributed by atoms with Gasteiger partial charge in [-0.3, -0.25) is 4.98 Å². The molecular weight excluding hydrogens is 342 g/mol. The quantitative estimate of drug-likeness (QED) is 0.731. The van der Waals surface area contributed by atoms with Crippen LogP contribution in [0.5, 0.6) is 17.2 Å². The van der Waals surface area contributed by atoms with Gasteiger partial charge in [-0.2, -0.15) is 0 Å². The second-order valence-electron chi connectivity index (χ2n) is 5.43. The van der Waals surface area contributed by atoms with E-state index in [4.69, 9.17) is 18.9 Å². The molecule has 2 rings (SSSR count). The summed E-state index contributed by atoms with van der Waals surface area (Å²) in [5.74, 6) is 1.76. The van der Waals surface area contributed by atoms with Crippen LogP contribution in [0.1, 0.15) is 35.4 Å². The van der Waals surface area contributed by atoms with Crippen LogP contribution in [-0.4, -0.2) is 32.9 Å². The van der Waals surface area contributed by atoms with Crippen molar-refractivity contribution in [3.8, 4) is 17.2 Å². The zero-order chi connectivity index (χ0) is 17.7. The fourth-order valence-electron chi connectivity index (χ4n) is 2.67. The predicted octanol–water partition coefficient (Wildman–Crippen LogP) is 4.27. The molecule has 2 aromatic rings. The van der Waals surface area contributed by atoms with Crippen LogP contribution in [0.4, 0.5) is 0 Å². The summed E-state index contributed by atoms with van der Waals surface area (Å²) < 4.78 is 22.3. The van der Waals surface area contributed by atoms with Gasteiger partial charge in [-0.25, -0.2) is 0 Å². The molecule has 1 unspecified atom stereocenters. The van der Waals surface area contributed by atoms with Crippen molar-refractivity contribution in [2.75, 3.05) is 27.9 Å². The van der Waals surface area contributed by atoms with E-state index >= 15 is 0 Å². The fraction of sp³-hybridized carbons (Fsp3) is 0.421. The molecule has 1 atom stereocenters. The van der Waals surface area contributed by atoms with Gasteiger partial charge in [0.2, 0.25) is 5.75 Å². The average Bonchev–Trinajstić information content (AvgIpc) is 2.61. The molecule has 0 N–H and O–H groups in total. The van der Waals surface area contributed by atoms with Crippen molar-refractivity contribution in [1.29, 1.82) is 0 Å². The maximum Gasteiger partial charge on any atom is 0.203 e. The first-order chi connectivity index (χ1) is 11.6. The van der Waals surface area contributed by atoms with E-state index in [0.717, 1.165) is 16.8 Å². The SMILES string of the molecule is CCOC(c1cc(OC)c(OC)c(OC)c1)c1nccc(C)c1C.Cl. The third kappa shape index (κ3) is 4.35. The Labute approximate surface area is 155 Å². The van der Waals surface area contributed by atoms with Crippen molar-refractivity contribution < 1.29 is 18.9 Å². The molecule has 0 bridgehead atoms. The number of hydrogen-bond donors (Lipinski definition) is 0. The number of pyridine rings is 1. The normalized spacial score (nSPS) is 11.4. The molecule has 0 fully saturated rings. The molecule has 0 aliphatic heterocycles. The van der Waals surface area contributed by atoms with Crippen LogP contribution < -0.4 is 14.2 Å². The van der Waals surface area contributed by atoms with Crippen LogP contribution in [0.15, 0.2) is 24.4 Å². The van der Waals surface area contributed by atoms with Crippen LogP contribution >= 0.6 is 12.4 Å². The van der Waals surface area contributed by atoms with Crippen molar-refractivity contribution in [1.82, 2.24) is 4.98 Å². The van der Waals surface area contributed by atoms with Gasteiger partial charge in [-0.1, -0.05) is 0 Å². The van der Waals surface area contributed by atoms with Gasteiger partial charge < -0.3 is 18.9 Å². The lowest BCUT2D eigenvalue weighted by atomic mass is 9.99. The van der Waals surface area contributed by atoms with Crippen molar-refractivity contribution >= 4 is 12.4 Å². The molecule has 1 aromatic carbocycles. The highest BCUT2D eigenvalue weighted by molar-refractivity contribution is 5.85. The topological polar surface area (TPSA) is 49.8 Å². The number of halogens is 1. The summed E-state index contributed by atoms with van der Waals surface area (Å²) in [7, 11) is 4.80. The molecule has 138 valence electrons. The Kier molecular flexibility index (Phi) is 8.00. The minimum absolute atomic E-state index is 0. The first kappa shape index (κ1) is 21.1. The molecule has 6 heteroatoms. The number of benzene rings is 1. The monoisotopic (exact) mass is 367 g/mol. The standard InChI is InChI=1S/C19H25NO4.ClH/c1-7-24-18(17-13(3)12(2)8-9-20-17)14-10-15(21-4)19(23-6)16(11-14)22-5;/h8-11,18H,7H2,1-6H3;1H. The smallest absolute Gasteiger partial charge is 0.203 e. The maximum absolute atomic E-state index is 6.01. The van der Waals surface area contributed by atoms with E-state index in [1.807, 2.05) is 31.3 Å². The third-order valence-corrected chi connectivity index (χ3v) is 4.09. The zero-order valence-electron chi connectivity index (χ0n) is 15.6. The average molecular weight is 368 g/mol. The summed E-state index contributed by atoms with van der Waals surface area (Å²) in [5.41, 5.74) is 4.10. The Morgan fingerprint density at radius 3 is 2.08 bits per heavy atom. The van der Waals surface area contributed by atoms with Crippen molar-refractivity contribution in [2.24, 2.45) is 0 Å². The predicted molar refractivity (Wildman–Crippen MR) is 101 cm³/mol. The van der Waals surface area contributed by atoms with E-state index in [1.54, 1.807) is 21.3 Å². The molecule has 5 nitrogen and oxygen atoms in total. The Morgan fingerprint density at radius 2 is 1.60 bits per heavy atom. The number of rotatable bonds is 7. The molecule has 0 saturated heterocycles. The number of methoxy groups -OCH3 is 3. The summed E-state index contributed by atoms with van der Waals surface area (Å²) in [6, 6.07) is 5.81. The summed E-state index contributed by atoms with van der Waals surface area (Å²) in [5, 5.41) is 0. The lowest BCUT2D eigenvalue weighted by Crippen LogP contribution is -2.11. The van der Waals surface area contributed by atoms with E-state index in [0.29, 0.717) is 23.9 Å². The second-order valence-corrected chi connectivity index (χ2v) is 5.43. The lowest BCUT2D eigenvalue weighted by Gasteiger charge is -2.22. The number of aromatic nitrogens is 1. The van der Waals surface area contributed by atoms with Crippen molar-refractivity contribution in [3.63, 3.8) is 0 Å². The molecule has 1 heterocycles. The molecule has 25 heavy (non-hydrogen) atoms. The lowest BCUT2D eigenvalue weighted by molar-refractivity contribution is 0.0874. The molecule has 0 spiro atoms. The molecular formula is C19H26ClNO4. The van der Waals surface area contributed by atoms with Gasteiger partial charge >= 0.3 is 0 Å². The highest BCUT2D eigenvalue weighted by atomic mass is 35.5. The Bertz CT molecular complexity index is 681. The van der Waals surface area contributed by atoms with Crippen molar-refractivity contribution in [3.05, 3.63) is 46.8 Å². The van der Waals surface area contributed by atoms with Crippen molar-refractivity contribution in [2.45, 2.75) is 26.9 Å². The zero-order valence-corrected chi connectivity index (χ0v) is 16.4. The van der Waals surface area contributed by atoms with Crippen LogP contribution in [0, 0.1) is 13.8 Å². The number of hydrogen-bond acceptors (Lipinski definition) is 5. The number of ether oxygens (including phenoxy) is 4. The van der Waals surface area contributed by atoms with Gasteiger partial charge in [0.1, 0.15) is 6.10 Å². The molecule has 1 aromatic heterocycles. The highest BCUT2D eigenvalue weighted by Gasteiger charge is 2.23. The first-order valence-electron chi connectivity index (χ1n) is 7.90. The third-order valence-electron chi connectivity index (χ3n) is 4.09. The maximum atomic E-state index is 6.01. The first-order valence-corrected chi connectivity index (χ1v) is 7.90. The Balaban J connectivity index is 0.00000312. The van der Waals surface area contributed by atoms with Gasteiger partial charge in [0.15, 0.2) is 11.5 Å². The summed E-state index contributed by atoms with van der Waals surface area (Å²) in [6.07, 6.45) is 1.50. The Hall–Kier alpha value is -1.98. The van der Waals surface area contributed by atoms with Crippen LogP contribution in [-0.2, 0) is 4.74 Å². The van der Waals surface area contributed by atoms with Crippen LogP contribution in [0.3, 0.4) is 0 Å². The second kappa shape index (κ2) is 9.49. The molecule has 0 aliphatic rings. The Morgan fingerprint density at radius 1 is 1.00 bits per heavy atom. The number of nitrogens with zero attached hydrogens (tertiary/aromatic N) is 1. The minimum Gasteiger partial charge on any atom is -0.493 e. The van der Waals surface area contributed by atoms with Gasteiger partial charge in [0.25, 0.3) is 0 Å². The molecule has 0 aliphatic carbocycles. The van der Waals surface area contributed by atoms with Gasteiger partial charge in [-0.05, 0) is 55.7 Å². The number of aryl methyl sites for hydroxylation is 1. The van der Waals surface area contributed by atoms with E-state index < -0.39 is 0 Å². The van der Waals surface area contributed by atoms with Crippen LogP contribution in [0.2, 0.25) is 0 Å². The highest BCUT2D eigenvalue weighted by Crippen LogP contribution is 2.41. The fourth-order valence-corrected chi connectivity index (χ4v) is 2.67. The van der Waals surface area contributed by atoms with Gasteiger partial charge in [0, 0.05) is 12.8 Å². The summed E-state index contributed by atoms with van der Waals surface area (Å²) in [6.45, 7) is 6.66. The summed E-state index contributed by atoms with van der Waals surface area (Å²) >= 11 is 0. The molecule has 0 saturated carbocycles. The minimum atomic E-state index is -0.302. The summed E-state index contributed by atoms with van der Waals surface area (Å²) in [4.78, 5) is 4.55. The largest absolute Gasteiger partial charge is 0.493 e. The van der Waals surface area contributed by atoms with E-state index in [1.165, 1.54) is 5.56 Å². The molecule has 0 amide bonds. The van der Waals surface area contributed by atoms with E-state index in [9.17, 15) is 0 Å².